The fourth-order valence-corrected chi connectivity index (χ4v) is 1.57. The molecule has 0 bridgehead atoms. The maximum atomic E-state index is 9.43. The van der Waals surface area contributed by atoms with Crippen molar-refractivity contribution in [3.05, 3.63) is 42.0 Å². The molecule has 5 heteroatoms. The molecule has 0 heterocycles. The fourth-order valence-electron chi connectivity index (χ4n) is 1.57. The second kappa shape index (κ2) is 4.55. The standard InChI is InChI=1S/C13H12N4O/c14-7-8-4-5-9(18)6-12(8)17-11-3-1-2-10(15)13(11)16/h1-6,17-18H,15-16H2. The third-order valence-electron chi connectivity index (χ3n) is 2.53. The van der Waals surface area contributed by atoms with Gasteiger partial charge in [-0.25, -0.2) is 0 Å². The Hall–Kier alpha value is -2.87. The largest absolute Gasteiger partial charge is 0.508 e. The van der Waals surface area contributed by atoms with Crippen molar-refractivity contribution in [1.82, 2.24) is 0 Å². The number of nitrogens with zero attached hydrogens (tertiary/aromatic N) is 1. The van der Waals surface area contributed by atoms with Gasteiger partial charge in [-0.2, -0.15) is 5.26 Å². The Bertz CT molecular complexity index is 631. The van der Waals surface area contributed by atoms with Crippen molar-refractivity contribution < 1.29 is 5.11 Å². The van der Waals surface area contributed by atoms with Crippen LogP contribution in [0, 0.1) is 11.3 Å². The Morgan fingerprint density at radius 2 is 1.89 bits per heavy atom. The lowest BCUT2D eigenvalue weighted by Crippen LogP contribution is -2.01. The molecule has 6 N–H and O–H groups in total. The molecule has 0 aliphatic rings. The molecule has 0 aliphatic heterocycles. The number of nitrogens with one attached hydrogen (secondary N) is 1. The van der Waals surface area contributed by atoms with E-state index in [0.29, 0.717) is 28.3 Å². The van der Waals surface area contributed by atoms with Gasteiger partial charge in [0.1, 0.15) is 11.8 Å². The Balaban J connectivity index is 2.43. The van der Waals surface area contributed by atoms with Gasteiger partial charge in [0.15, 0.2) is 0 Å². The summed E-state index contributed by atoms with van der Waals surface area (Å²) in [7, 11) is 0. The molecule has 0 spiro atoms. The van der Waals surface area contributed by atoms with Gasteiger partial charge < -0.3 is 21.9 Å². The van der Waals surface area contributed by atoms with Crippen LogP contribution in [0.25, 0.3) is 0 Å². The number of nitriles is 1. The van der Waals surface area contributed by atoms with Gasteiger partial charge in [0.25, 0.3) is 0 Å². The van der Waals surface area contributed by atoms with Gasteiger partial charge in [0.05, 0.1) is 28.3 Å². The fraction of sp³-hybridized carbons (Fsp3) is 0. The molecule has 0 radical (unpaired) electrons. The van der Waals surface area contributed by atoms with Crippen LogP contribution in [0.5, 0.6) is 5.75 Å². The topological polar surface area (TPSA) is 108 Å². The average Bonchev–Trinajstić information content (AvgIpc) is 2.35. The first-order chi connectivity index (χ1) is 8.61. The Kier molecular flexibility index (Phi) is 2.94. The van der Waals surface area contributed by atoms with Crippen molar-refractivity contribution in [2.24, 2.45) is 0 Å². The number of phenolic OH excluding ortho intramolecular Hbond substituents is 1. The van der Waals surface area contributed by atoms with E-state index < -0.39 is 0 Å². The first-order valence-corrected chi connectivity index (χ1v) is 5.26. The number of rotatable bonds is 2. The number of para-hydroxylation sites is 1. The molecule has 0 atom stereocenters. The molecule has 0 saturated heterocycles. The monoisotopic (exact) mass is 240 g/mol. The molecule has 0 fully saturated rings. The maximum absolute atomic E-state index is 9.43. The molecule has 0 unspecified atom stereocenters. The molecule has 2 aromatic rings. The maximum Gasteiger partial charge on any atom is 0.117 e. The van der Waals surface area contributed by atoms with Crippen molar-refractivity contribution in [3.63, 3.8) is 0 Å². The third-order valence-corrected chi connectivity index (χ3v) is 2.53. The lowest BCUT2D eigenvalue weighted by molar-refractivity contribution is 0.475. The number of aromatic hydroxyl groups is 1. The number of hydrogen-bond donors (Lipinski definition) is 4. The van der Waals surface area contributed by atoms with E-state index in [-0.39, 0.29) is 5.75 Å². The molecule has 2 rings (SSSR count). The first-order valence-electron chi connectivity index (χ1n) is 5.26. The van der Waals surface area contributed by atoms with Gasteiger partial charge in [-0.15, -0.1) is 0 Å². The van der Waals surface area contributed by atoms with E-state index in [9.17, 15) is 5.11 Å². The Morgan fingerprint density at radius 1 is 1.11 bits per heavy atom. The summed E-state index contributed by atoms with van der Waals surface area (Å²) in [5, 5.41) is 21.4. The highest BCUT2D eigenvalue weighted by atomic mass is 16.3. The molecule has 0 aromatic heterocycles. The first kappa shape index (κ1) is 11.6. The van der Waals surface area contributed by atoms with E-state index in [1.807, 2.05) is 6.07 Å². The minimum atomic E-state index is 0.0685. The number of nitrogen functional groups attached to an aromatic ring is 2. The van der Waals surface area contributed by atoms with Crippen LogP contribution in [0.3, 0.4) is 0 Å². The van der Waals surface area contributed by atoms with Crippen LogP contribution < -0.4 is 16.8 Å². The van der Waals surface area contributed by atoms with Crippen molar-refractivity contribution >= 4 is 22.7 Å². The summed E-state index contributed by atoms with van der Waals surface area (Å²) >= 11 is 0. The number of phenols is 1. The van der Waals surface area contributed by atoms with E-state index in [2.05, 4.69) is 5.32 Å². The van der Waals surface area contributed by atoms with E-state index >= 15 is 0 Å². The zero-order chi connectivity index (χ0) is 13.1. The Morgan fingerprint density at radius 3 is 2.61 bits per heavy atom. The number of benzene rings is 2. The summed E-state index contributed by atoms with van der Waals surface area (Å²) in [5.74, 6) is 0.0685. The second-order valence-electron chi connectivity index (χ2n) is 3.78. The average molecular weight is 240 g/mol. The lowest BCUT2D eigenvalue weighted by atomic mass is 10.1. The highest BCUT2D eigenvalue weighted by Crippen LogP contribution is 2.30. The zero-order valence-electron chi connectivity index (χ0n) is 9.51. The van der Waals surface area contributed by atoms with Gasteiger partial charge in [0.2, 0.25) is 0 Å². The van der Waals surface area contributed by atoms with Crippen LogP contribution in [0.4, 0.5) is 22.7 Å². The second-order valence-corrected chi connectivity index (χ2v) is 3.78. The van der Waals surface area contributed by atoms with Crippen LogP contribution in [0.1, 0.15) is 5.56 Å². The van der Waals surface area contributed by atoms with Gasteiger partial charge >= 0.3 is 0 Å². The van der Waals surface area contributed by atoms with Gasteiger partial charge in [0, 0.05) is 6.07 Å². The van der Waals surface area contributed by atoms with E-state index in [0.717, 1.165) is 0 Å². The van der Waals surface area contributed by atoms with Crippen molar-refractivity contribution in [1.29, 1.82) is 5.26 Å². The molecule has 0 aliphatic carbocycles. The Labute approximate surface area is 104 Å². The summed E-state index contributed by atoms with van der Waals surface area (Å²) in [6.45, 7) is 0. The predicted octanol–water partition coefficient (Wildman–Crippen LogP) is 2.17. The molecule has 2 aromatic carbocycles. The van der Waals surface area contributed by atoms with Crippen LogP contribution in [-0.4, -0.2) is 5.11 Å². The third kappa shape index (κ3) is 2.13. The van der Waals surface area contributed by atoms with Crippen molar-refractivity contribution in [2.75, 3.05) is 16.8 Å². The van der Waals surface area contributed by atoms with Crippen molar-refractivity contribution in [3.8, 4) is 11.8 Å². The molecule has 0 amide bonds. The summed E-state index contributed by atoms with van der Waals surface area (Å²) < 4.78 is 0. The zero-order valence-corrected chi connectivity index (χ0v) is 9.51. The minimum absolute atomic E-state index is 0.0685. The van der Waals surface area contributed by atoms with Gasteiger partial charge in [-0.3, -0.25) is 0 Å². The highest BCUT2D eigenvalue weighted by Gasteiger charge is 2.07. The summed E-state index contributed by atoms with van der Waals surface area (Å²) in [5.41, 5.74) is 13.9. The summed E-state index contributed by atoms with van der Waals surface area (Å²) in [6.07, 6.45) is 0. The molecular formula is C13H12N4O. The van der Waals surface area contributed by atoms with Crippen LogP contribution in [0.2, 0.25) is 0 Å². The van der Waals surface area contributed by atoms with E-state index in [1.54, 1.807) is 18.2 Å². The molecule has 0 saturated carbocycles. The normalized spacial score (nSPS) is 9.72. The molecule has 18 heavy (non-hydrogen) atoms. The molecule has 5 nitrogen and oxygen atoms in total. The van der Waals surface area contributed by atoms with Crippen LogP contribution in [0.15, 0.2) is 36.4 Å². The van der Waals surface area contributed by atoms with Gasteiger partial charge in [-0.1, -0.05) is 6.07 Å². The molecule has 90 valence electrons. The van der Waals surface area contributed by atoms with Crippen LogP contribution in [-0.2, 0) is 0 Å². The highest BCUT2D eigenvalue weighted by molar-refractivity contribution is 5.83. The predicted molar refractivity (Wildman–Crippen MR) is 71.4 cm³/mol. The number of anilines is 4. The van der Waals surface area contributed by atoms with Crippen molar-refractivity contribution in [2.45, 2.75) is 0 Å². The lowest BCUT2D eigenvalue weighted by Gasteiger charge is -2.12. The number of nitrogens with two attached hydrogens (primary N) is 2. The molecular weight excluding hydrogens is 228 g/mol. The smallest absolute Gasteiger partial charge is 0.117 e. The van der Waals surface area contributed by atoms with Gasteiger partial charge in [-0.05, 0) is 24.3 Å². The summed E-state index contributed by atoms with van der Waals surface area (Å²) in [6, 6.07) is 11.7. The number of hydrogen-bond acceptors (Lipinski definition) is 5. The minimum Gasteiger partial charge on any atom is -0.508 e. The SMILES string of the molecule is N#Cc1ccc(O)cc1Nc1cccc(N)c1N. The van der Waals surface area contributed by atoms with E-state index in [1.165, 1.54) is 18.2 Å². The van der Waals surface area contributed by atoms with Crippen LogP contribution >= 0.6 is 0 Å². The summed E-state index contributed by atoms with van der Waals surface area (Å²) in [4.78, 5) is 0. The quantitative estimate of drug-likeness (QED) is 0.601. The van der Waals surface area contributed by atoms with E-state index in [4.69, 9.17) is 16.7 Å².